The average Bonchev–Trinajstić information content (AvgIpc) is 3.17. The molecule has 186 valence electrons. The van der Waals surface area contributed by atoms with Crippen molar-refractivity contribution < 1.29 is 23.0 Å². The van der Waals surface area contributed by atoms with Gasteiger partial charge in [-0.1, -0.05) is 0 Å². The molecule has 0 bridgehead atoms. The van der Waals surface area contributed by atoms with Crippen LogP contribution in [-0.2, 0) is 9.47 Å². The van der Waals surface area contributed by atoms with Gasteiger partial charge in [0.15, 0.2) is 11.5 Å². The summed E-state index contributed by atoms with van der Waals surface area (Å²) < 4.78 is 41.9. The number of alkyl halides is 1. The highest BCUT2D eigenvalue weighted by Crippen LogP contribution is 2.27. The number of rotatable bonds is 4. The molecule has 0 unspecified atom stereocenters. The monoisotopic (exact) mass is 487 g/mol. The van der Waals surface area contributed by atoms with Crippen molar-refractivity contribution in [2.45, 2.75) is 50.9 Å². The third-order valence-electron chi connectivity index (χ3n) is 5.95. The van der Waals surface area contributed by atoms with Crippen molar-refractivity contribution in [1.29, 1.82) is 0 Å². The summed E-state index contributed by atoms with van der Waals surface area (Å²) in [5.41, 5.74) is 1.15. The standard InChI is InChI=1S/C23H27F2N7O3/c1-23(2,3)35-22(33)31-5-4-14(24)17(9-31)29-21-28-6-15(25)20(30-21)18-7-27-19-8-26-16(10-32(18)19)13-11-34-12-13/h6-8,10,13-14,17H,4-5,9,11-12H2,1-3H3,(H,28,29,30)/t14-,17-/m0/s1. The van der Waals surface area contributed by atoms with Gasteiger partial charge in [-0.3, -0.25) is 9.38 Å². The van der Waals surface area contributed by atoms with Gasteiger partial charge in [0.2, 0.25) is 5.95 Å². The Hall–Kier alpha value is -3.41. The van der Waals surface area contributed by atoms with E-state index in [0.29, 0.717) is 24.6 Å². The molecule has 3 aromatic rings. The molecule has 2 fully saturated rings. The van der Waals surface area contributed by atoms with Gasteiger partial charge in [-0.2, -0.15) is 0 Å². The van der Waals surface area contributed by atoms with Crippen LogP contribution in [0.5, 0.6) is 0 Å². The maximum absolute atomic E-state index is 14.8. The second-order valence-corrected chi connectivity index (χ2v) is 9.79. The molecule has 0 radical (unpaired) electrons. The fourth-order valence-corrected chi connectivity index (χ4v) is 4.03. The predicted molar refractivity (Wildman–Crippen MR) is 122 cm³/mol. The lowest BCUT2D eigenvalue weighted by Crippen LogP contribution is -2.52. The molecular weight excluding hydrogens is 460 g/mol. The highest BCUT2D eigenvalue weighted by atomic mass is 19.1. The topological polar surface area (TPSA) is 107 Å². The number of likely N-dealkylation sites (tertiary alicyclic amines) is 1. The SMILES string of the molecule is CC(C)(C)OC(=O)N1CC[C@H](F)[C@@H](Nc2ncc(F)c(-c3cnc4cnc(C5COC5)cn34)n2)C1. The van der Waals surface area contributed by atoms with E-state index in [1.54, 1.807) is 37.6 Å². The molecule has 1 N–H and O–H groups in total. The first-order valence-electron chi connectivity index (χ1n) is 11.5. The number of hydrogen-bond acceptors (Lipinski definition) is 8. The van der Waals surface area contributed by atoms with Crippen molar-refractivity contribution in [3.05, 3.63) is 36.3 Å². The lowest BCUT2D eigenvalue weighted by Gasteiger charge is -2.36. The molecule has 3 aromatic heterocycles. The first-order valence-corrected chi connectivity index (χ1v) is 11.5. The number of nitrogens with one attached hydrogen (secondary N) is 1. The summed E-state index contributed by atoms with van der Waals surface area (Å²) in [6.07, 6.45) is 4.36. The number of carbonyl (C=O) groups is 1. The fraction of sp³-hybridized carbons (Fsp3) is 0.522. The van der Waals surface area contributed by atoms with Crippen LogP contribution in [0.15, 0.2) is 24.8 Å². The number of anilines is 1. The maximum Gasteiger partial charge on any atom is 0.410 e. The first kappa shape index (κ1) is 23.3. The van der Waals surface area contributed by atoms with E-state index in [1.165, 1.54) is 11.1 Å². The average molecular weight is 488 g/mol. The molecule has 5 rings (SSSR count). The number of aromatic nitrogens is 5. The summed E-state index contributed by atoms with van der Waals surface area (Å²) in [4.78, 5) is 30.9. The molecule has 2 atom stereocenters. The van der Waals surface area contributed by atoms with E-state index >= 15 is 0 Å². The third-order valence-corrected chi connectivity index (χ3v) is 5.95. The molecule has 12 heteroatoms. The van der Waals surface area contributed by atoms with Gasteiger partial charge in [0, 0.05) is 25.2 Å². The normalized spacial score (nSPS) is 21.1. The van der Waals surface area contributed by atoms with Gasteiger partial charge in [-0.25, -0.2) is 28.5 Å². The van der Waals surface area contributed by atoms with Crippen LogP contribution in [-0.4, -0.2) is 79.4 Å². The van der Waals surface area contributed by atoms with Gasteiger partial charge in [-0.15, -0.1) is 0 Å². The molecule has 35 heavy (non-hydrogen) atoms. The van der Waals surface area contributed by atoms with Crippen molar-refractivity contribution in [1.82, 2.24) is 29.2 Å². The number of nitrogens with zero attached hydrogens (tertiary/aromatic N) is 6. The number of fused-ring (bicyclic) bond motifs is 1. The van der Waals surface area contributed by atoms with Crippen LogP contribution in [0.3, 0.4) is 0 Å². The molecule has 1 amide bonds. The molecule has 0 saturated carbocycles. The number of amides is 1. The number of halogens is 2. The Kier molecular flexibility index (Phi) is 5.99. The summed E-state index contributed by atoms with van der Waals surface area (Å²) in [6, 6.07) is -0.772. The largest absolute Gasteiger partial charge is 0.444 e. The molecular formula is C23H27F2N7O3. The van der Waals surface area contributed by atoms with Gasteiger partial charge >= 0.3 is 6.09 Å². The molecule has 0 aromatic carbocycles. The smallest absolute Gasteiger partial charge is 0.410 e. The van der Waals surface area contributed by atoms with Crippen LogP contribution in [0.25, 0.3) is 17.0 Å². The maximum atomic E-state index is 14.8. The Labute approximate surface area is 200 Å². The van der Waals surface area contributed by atoms with Crippen molar-refractivity contribution in [2.75, 3.05) is 31.6 Å². The molecule has 2 saturated heterocycles. The molecule has 0 aliphatic carbocycles. The van der Waals surface area contributed by atoms with E-state index in [2.05, 4.69) is 25.3 Å². The zero-order chi connectivity index (χ0) is 24.7. The van der Waals surface area contributed by atoms with E-state index in [-0.39, 0.29) is 37.1 Å². The molecule has 2 aliphatic heterocycles. The van der Waals surface area contributed by atoms with E-state index in [9.17, 15) is 13.6 Å². The summed E-state index contributed by atoms with van der Waals surface area (Å²) in [5, 5.41) is 2.93. The van der Waals surface area contributed by atoms with E-state index in [1.807, 2.05) is 0 Å². The minimum absolute atomic E-state index is 0.0206. The van der Waals surface area contributed by atoms with Crippen LogP contribution in [0.4, 0.5) is 19.5 Å². The van der Waals surface area contributed by atoms with Crippen LogP contribution < -0.4 is 5.32 Å². The lowest BCUT2D eigenvalue weighted by atomic mass is 10.0. The van der Waals surface area contributed by atoms with Crippen molar-refractivity contribution in [2.24, 2.45) is 0 Å². The predicted octanol–water partition coefficient (Wildman–Crippen LogP) is 3.20. The molecule has 5 heterocycles. The number of carbonyl (C=O) groups excluding carboxylic acids is 1. The number of imidazole rings is 1. The molecule has 0 spiro atoms. The van der Waals surface area contributed by atoms with Crippen LogP contribution in [0, 0.1) is 5.82 Å². The quantitative estimate of drug-likeness (QED) is 0.598. The Morgan fingerprint density at radius 3 is 2.71 bits per heavy atom. The first-order chi connectivity index (χ1) is 16.7. The Morgan fingerprint density at radius 2 is 2.00 bits per heavy atom. The van der Waals surface area contributed by atoms with Crippen LogP contribution >= 0.6 is 0 Å². The van der Waals surface area contributed by atoms with E-state index in [0.717, 1.165) is 11.9 Å². The number of hydrogen-bond donors (Lipinski definition) is 1. The highest BCUT2D eigenvalue weighted by molar-refractivity contribution is 5.68. The summed E-state index contributed by atoms with van der Waals surface area (Å²) in [7, 11) is 0. The van der Waals surface area contributed by atoms with Crippen molar-refractivity contribution >= 4 is 17.7 Å². The molecule has 2 aliphatic rings. The summed E-state index contributed by atoms with van der Waals surface area (Å²) in [6.45, 7) is 6.81. The van der Waals surface area contributed by atoms with E-state index < -0.39 is 29.7 Å². The Bertz CT molecular complexity index is 1240. The Balaban J connectivity index is 1.38. The van der Waals surface area contributed by atoms with Gasteiger partial charge in [0.25, 0.3) is 0 Å². The summed E-state index contributed by atoms with van der Waals surface area (Å²) >= 11 is 0. The fourth-order valence-electron chi connectivity index (χ4n) is 4.03. The van der Waals surface area contributed by atoms with Crippen molar-refractivity contribution in [3.8, 4) is 11.4 Å². The second-order valence-electron chi connectivity index (χ2n) is 9.79. The molecule has 10 nitrogen and oxygen atoms in total. The summed E-state index contributed by atoms with van der Waals surface area (Å²) in [5.74, 6) is -0.405. The van der Waals surface area contributed by atoms with Crippen LogP contribution in [0.1, 0.15) is 38.8 Å². The second kappa shape index (κ2) is 8.99. The zero-order valence-corrected chi connectivity index (χ0v) is 19.7. The van der Waals surface area contributed by atoms with Crippen molar-refractivity contribution in [3.63, 3.8) is 0 Å². The van der Waals surface area contributed by atoms with E-state index in [4.69, 9.17) is 9.47 Å². The highest BCUT2D eigenvalue weighted by Gasteiger charge is 2.34. The van der Waals surface area contributed by atoms with Gasteiger partial charge in [0.05, 0.1) is 49.2 Å². The lowest BCUT2D eigenvalue weighted by molar-refractivity contribution is 0.00654. The Morgan fingerprint density at radius 1 is 1.20 bits per heavy atom. The van der Waals surface area contributed by atoms with Crippen LogP contribution in [0.2, 0.25) is 0 Å². The zero-order valence-electron chi connectivity index (χ0n) is 19.7. The minimum Gasteiger partial charge on any atom is -0.444 e. The number of piperidine rings is 1. The third kappa shape index (κ3) is 4.88. The van der Waals surface area contributed by atoms with Gasteiger partial charge < -0.3 is 19.7 Å². The van der Waals surface area contributed by atoms with Gasteiger partial charge in [-0.05, 0) is 27.2 Å². The number of ether oxygens (including phenoxy) is 2. The van der Waals surface area contributed by atoms with Gasteiger partial charge in [0.1, 0.15) is 17.5 Å². The minimum atomic E-state index is -1.24.